The quantitative estimate of drug-likeness (QED) is 0.452. The van der Waals surface area contributed by atoms with Gasteiger partial charge in [0.15, 0.2) is 5.96 Å². The number of rotatable bonds is 8. The number of hydrogen-bond donors (Lipinski definition) is 1. The van der Waals surface area contributed by atoms with Crippen molar-refractivity contribution >= 4 is 5.96 Å². The summed E-state index contributed by atoms with van der Waals surface area (Å²) in [6.45, 7) is 5.39. The number of aromatic nitrogens is 1. The molecule has 1 saturated carbocycles. The summed E-state index contributed by atoms with van der Waals surface area (Å²) in [7, 11) is 3.86. The van der Waals surface area contributed by atoms with Crippen LogP contribution in [0.3, 0.4) is 0 Å². The number of likely N-dealkylation sites (N-methyl/N-ethyl adjacent to an activating group) is 1. The lowest BCUT2D eigenvalue weighted by molar-refractivity contribution is 0.115. The molecular weight excluding hydrogens is 276 g/mol. The first-order valence-electron chi connectivity index (χ1n) is 8.10. The van der Waals surface area contributed by atoms with Gasteiger partial charge in [-0.1, -0.05) is 6.07 Å². The van der Waals surface area contributed by atoms with Gasteiger partial charge in [-0.25, -0.2) is 0 Å². The monoisotopic (exact) mass is 304 g/mol. The molecule has 5 heteroatoms. The molecule has 0 saturated heterocycles. The number of pyridine rings is 1. The Morgan fingerprint density at radius 2 is 2.27 bits per heavy atom. The van der Waals surface area contributed by atoms with Crippen LogP contribution in [0.4, 0.5) is 0 Å². The third-order valence-corrected chi connectivity index (χ3v) is 3.86. The number of guanidine groups is 1. The van der Waals surface area contributed by atoms with Crippen LogP contribution in [-0.2, 0) is 11.2 Å². The second kappa shape index (κ2) is 8.73. The molecule has 122 valence electrons. The minimum atomic E-state index is 0.760. The first-order valence-corrected chi connectivity index (χ1v) is 8.10. The van der Waals surface area contributed by atoms with Crippen molar-refractivity contribution in [3.05, 3.63) is 29.6 Å². The highest BCUT2D eigenvalue weighted by Gasteiger charge is 2.21. The number of ether oxygens (including phenoxy) is 1. The van der Waals surface area contributed by atoms with Crippen molar-refractivity contribution in [3.63, 3.8) is 0 Å². The lowest BCUT2D eigenvalue weighted by Crippen LogP contribution is -2.41. The van der Waals surface area contributed by atoms with E-state index in [4.69, 9.17) is 4.74 Å². The van der Waals surface area contributed by atoms with Crippen LogP contribution >= 0.6 is 0 Å². The standard InChI is InChI=1S/C17H28N4O/c1-14-4-5-15(12-20-14)8-9-19-17(18-2)21(3)10-11-22-13-16-6-7-16/h4-5,12,16H,6-11,13H2,1-3H3,(H,18,19). The molecule has 0 bridgehead atoms. The number of aliphatic imine (C=N–C) groups is 1. The van der Waals surface area contributed by atoms with Crippen LogP contribution in [0.5, 0.6) is 0 Å². The predicted octanol–water partition coefficient (Wildman–Crippen LogP) is 1.87. The lowest BCUT2D eigenvalue weighted by Gasteiger charge is -2.22. The van der Waals surface area contributed by atoms with Gasteiger partial charge in [-0.2, -0.15) is 0 Å². The summed E-state index contributed by atoms with van der Waals surface area (Å²) in [5.74, 6) is 1.74. The van der Waals surface area contributed by atoms with Crippen LogP contribution in [0.25, 0.3) is 0 Å². The maximum absolute atomic E-state index is 5.68. The highest BCUT2D eigenvalue weighted by atomic mass is 16.5. The molecular formula is C17H28N4O. The van der Waals surface area contributed by atoms with Gasteiger partial charge < -0.3 is 15.0 Å². The van der Waals surface area contributed by atoms with E-state index < -0.39 is 0 Å². The molecule has 0 amide bonds. The van der Waals surface area contributed by atoms with E-state index >= 15 is 0 Å². The molecule has 2 rings (SSSR count). The van der Waals surface area contributed by atoms with Crippen molar-refractivity contribution in [2.45, 2.75) is 26.2 Å². The fourth-order valence-corrected chi connectivity index (χ4v) is 2.19. The molecule has 0 aromatic carbocycles. The maximum Gasteiger partial charge on any atom is 0.193 e. The smallest absolute Gasteiger partial charge is 0.193 e. The van der Waals surface area contributed by atoms with Crippen molar-refractivity contribution in [2.24, 2.45) is 10.9 Å². The first-order chi connectivity index (χ1) is 10.7. The summed E-state index contributed by atoms with van der Waals surface area (Å²) in [5, 5.41) is 3.39. The van der Waals surface area contributed by atoms with Crippen molar-refractivity contribution < 1.29 is 4.74 Å². The zero-order chi connectivity index (χ0) is 15.8. The topological polar surface area (TPSA) is 49.8 Å². The average Bonchev–Trinajstić information content (AvgIpc) is 3.34. The van der Waals surface area contributed by atoms with E-state index in [1.807, 2.05) is 33.3 Å². The molecule has 0 radical (unpaired) electrons. The van der Waals surface area contributed by atoms with Gasteiger partial charge in [-0.05, 0) is 43.7 Å². The van der Waals surface area contributed by atoms with E-state index in [9.17, 15) is 0 Å². The third-order valence-electron chi connectivity index (χ3n) is 3.86. The highest BCUT2D eigenvalue weighted by Crippen LogP contribution is 2.28. The molecule has 1 aromatic heterocycles. The molecule has 0 atom stereocenters. The number of nitrogens with zero attached hydrogens (tertiary/aromatic N) is 3. The van der Waals surface area contributed by atoms with E-state index in [2.05, 4.69) is 26.3 Å². The summed E-state index contributed by atoms with van der Waals surface area (Å²) in [6, 6.07) is 4.18. The van der Waals surface area contributed by atoms with Gasteiger partial charge in [0.2, 0.25) is 0 Å². The van der Waals surface area contributed by atoms with Gasteiger partial charge in [0, 0.05) is 45.7 Å². The summed E-state index contributed by atoms with van der Waals surface area (Å²) < 4.78 is 5.68. The summed E-state index contributed by atoms with van der Waals surface area (Å²) in [6.07, 6.45) is 5.56. The molecule has 1 N–H and O–H groups in total. The molecule has 22 heavy (non-hydrogen) atoms. The summed E-state index contributed by atoms with van der Waals surface area (Å²) in [4.78, 5) is 10.7. The van der Waals surface area contributed by atoms with Gasteiger partial charge in [-0.15, -0.1) is 0 Å². The number of aryl methyl sites for hydroxylation is 1. The fraction of sp³-hybridized carbons (Fsp3) is 0.647. The van der Waals surface area contributed by atoms with Crippen LogP contribution < -0.4 is 5.32 Å². The Kier molecular flexibility index (Phi) is 6.65. The number of nitrogens with one attached hydrogen (secondary N) is 1. The molecule has 0 unspecified atom stereocenters. The van der Waals surface area contributed by atoms with Gasteiger partial charge in [0.1, 0.15) is 0 Å². The minimum Gasteiger partial charge on any atom is -0.379 e. The average molecular weight is 304 g/mol. The largest absolute Gasteiger partial charge is 0.379 e. The van der Waals surface area contributed by atoms with Gasteiger partial charge in [0.25, 0.3) is 0 Å². The number of hydrogen-bond acceptors (Lipinski definition) is 3. The normalized spacial score (nSPS) is 15.0. The molecule has 1 aliphatic carbocycles. The molecule has 0 spiro atoms. The Morgan fingerprint density at radius 1 is 1.45 bits per heavy atom. The summed E-state index contributed by atoms with van der Waals surface area (Å²) >= 11 is 0. The van der Waals surface area contributed by atoms with Crippen molar-refractivity contribution in [1.29, 1.82) is 0 Å². The van der Waals surface area contributed by atoms with Gasteiger partial charge >= 0.3 is 0 Å². The van der Waals surface area contributed by atoms with Crippen LogP contribution in [0.15, 0.2) is 23.3 Å². The minimum absolute atomic E-state index is 0.760. The van der Waals surface area contributed by atoms with Crippen LogP contribution in [0.2, 0.25) is 0 Å². The Morgan fingerprint density at radius 3 is 2.91 bits per heavy atom. The van der Waals surface area contributed by atoms with Crippen LogP contribution in [-0.4, -0.2) is 56.2 Å². The molecule has 1 fully saturated rings. The lowest BCUT2D eigenvalue weighted by atomic mass is 10.2. The molecule has 1 aliphatic rings. The predicted molar refractivity (Wildman–Crippen MR) is 90.2 cm³/mol. The van der Waals surface area contributed by atoms with Gasteiger partial charge in [-0.3, -0.25) is 9.98 Å². The zero-order valence-electron chi connectivity index (χ0n) is 14.0. The molecule has 0 aliphatic heterocycles. The SMILES string of the molecule is CN=C(NCCc1ccc(C)nc1)N(C)CCOCC1CC1. The first kappa shape index (κ1) is 16.7. The Labute approximate surface area is 133 Å². The zero-order valence-corrected chi connectivity index (χ0v) is 14.0. The van der Waals surface area contributed by atoms with Crippen molar-refractivity contribution in [1.82, 2.24) is 15.2 Å². The highest BCUT2D eigenvalue weighted by molar-refractivity contribution is 5.79. The van der Waals surface area contributed by atoms with E-state index in [0.717, 1.165) is 50.3 Å². The molecule has 5 nitrogen and oxygen atoms in total. The van der Waals surface area contributed by atoms with Crippen molar-refractivity contribution in [3.8, 4) is 0 Å². The Balaban J connectivity index is 1.63. The molecule has 1 heterocycles. The van der Waals surface area contributed by atoms with E-state index in [1.54, 1.807) is 0 Å². The maximum atomic E-state index is 5.68. The fourth-order valence-electron chi connectivity index (χ4n) is 2.19. The second-order valence-corrected chi connectivity index (χ2v) is 5.97. The third kappa shape index (κ3) is 6.02. The second-order valence-electron chi connectivity index (χ2n) is 5.97. The molecule has 1 aromatic rings. The van der Waals surface area contributed by atoms with Crippen molar-refractivity contribution in [2.75, 3.05) is 40.4 Å². The van der Waals surface area contributed by atoms with Crippen LogP contribution in [0, 0.1) is 12.8 Å². The van der Waals surface area contributed by atoms with Crippen LogP contribution in [0.1, 0.15) is 24.1 Å². The van der Waals surface area contributed by atoms with E-state index in [1.165, 1.54) is 18.4 Å². The van der Waals surface area contributed by atoms with E-state index in [0.29, 0.717) is 0 Å². The van der Waals surface area contributed by atoms with E-state index in [-0.39, 0.29) is 0 Å². The Bertz CT molecular complexity index is 468. The summed E-state index contributed by atoms with van der Waals surface area (Å²) in [5.41, 5.74) is 2.29. The van der Waals surface area contributed by atoms with Gasteiger partial charge in [0.05, 0.1) is 6.61 Å². The Hall–Kier alpha value is -1.62.